The molecule has 1 N–H and O–H groups in total. The van der Waals surface area contributed by atoms with Gasteiger partial charge in [0.15, 0.2) is 0 Å². The van der Waals surface area contributed by atoms with Crippen molar-refractivity contribution in [2.24, 2.45) is 5.10 Å². The smallest absolute Gasteiger partial charge is 0.418 e. The molecule has 0 fully saturated rings. The zero-order valence-electron chi connectivity index (χ0n) is 12.5. The van der Waals surface area contributed by atoms with Gasteiger partial charge in [0.25, 0.3) is 0 Å². The Balaban J connectivity index is 2.20. The first-order valence-electron chi connectivity index (χ1n) is 6.63. The van der Waals surface area contributed by atoms with E-state index in [1.54, 1.807) is 18.2 Å². The highest BCUT2D eigenvalue weighted by atomic mass is 19.4. The molecule has 0 aromatic heterocycles. The van der Waals surface area contributed by atoms with Gasteiger partial charge in [-0.05, 0) is 24.3 Å². The van der Waals surface area contributed by atoms with E-state index in [2.05, 4.69) is 10.5 Å². The largest absolute Gasteiger partial charge is 0.497 e. The van der Waals surface area contributed by atoms with Crippen molar-refractivity contribution in [1.82, 2.24) is 0 Å². The van der Waals surface area contributed by atoms with Gasteiger partial charge in [0, 0.05) is 11.6 Å². The molecule has 2 aromatic carbocycles. The highest BCUT2D eigenvalue weighted by molar-refractivity contribution is 5.84. The molecule has 7 heteroatoms. The molecule has 0 spiro atoms. The van der Waals surface area contributed by atoms with Gasteiger partial charge in [0.1, 0.15) is 11.5 Å². The molecule has 0 heterocycles. The molecule has 0 aliphatic heterocycles. The lowest BCUT2D eigenvalue weighted by molar-refractivity contribution is -0.136. The Morgan fingerprint density at radius 2 is 1.78 bits per heavy atom. The van der Waals surface area contributed by atoms with Gasteiger partial charge in [-0.2, -0.15) is 18.3 Å². The third-order valence-electron chi connectivity index (χ3n) is 3.06. The Bertz CT molecular complexity index is 700. The number of nitrogens with zero attached hydrogens (tertiary/aromatic N) is 1. The Morgan fingerprint density at radius 1 is 1.04 bits per heavy atom. The normalized spacial score (nSPS) is 11.5. The van der Waals surface area contributed by atoms with E-state index in [0.29, 0.717) is 17.1 Å². The van der Waals surface area contributed by atoms with Crippen molar-refractivity contribution in [2.75, 3.05) is 19.6 Å². The quantitative estimate of drug-likeness (QED) is 0.663. The maximum Gasteiger partial charge on any atom is 0.418 e. The average molecular weight is 324 g/mol. The van der Waals surface area contributed by atoms with Crippen molar-refractivity contribution >= 4 is 11.9 Å². The van der Waals surface area contributed by atoms with Crippen LogP contribution in [0.3, 0.4) is 0 Å². The first-order valence-corrected chi connectivity index (χ1v) is 6.63. The summed E-state index contributed by atoms with van der Waals surface area (Å²) >= 11 is 0. The summed E-state index contributed by atoms with van der Waals surface area (Å²) in [4.78, 5) is 0. The minimum Gasteiger partial charge on any atom is -0.497 e. The zero-order chi connectivity index (χ0) is 16.9. The van der Waals surface area contributed by atoms with Crippen LogP contribution in [0, 0.1) is 0 Å². The van der Waals surface area contributed by atoms with E-state index >= 15 is 0 Å². The second-order valence-corrected chi connectivity index (χ2v) is 4.52. The van der Waals surface area contributed by atoms with Crippen LogP contribution in [0.1, 0.15) is 11.1 Å². The lowest BCUT2D eigenvalue weighted by atomic mass is 10.2. The first-order chi connectivity index (χ1) is 11.0. The molecule has 0 amide bonds. The summed E-state index contributed by atoms with van der Waals surface area (Å²) in [5, 5.41) is 3.85. The van der Waals surface area contributed by atoms with Gasteiger partial charge < -0.3 is 9.47 Å². The van der Waals surface area contributed by atoms with Crippen molar-refractivity contribution < 1.29 is 22.6 Å². The summed E-state index contributed by atoms with van der Waals surface area (Å²) in [6.45, 7) is 0. The average Bonchev–Trinajstić information content (AvgIpc) is 2.54. The Labute approximate surface area is 131 Å². The number of methoxy groups -OCH3 is 2. The van der Waals surface area contributed by atoms with Gasteiger partial charge in [0.2, 0.25) is 0 Å². The Kier molecular flexibility index (Phi) is 5.10. The van der Waals surface area contributed by atoms with Crippen molar-refractivity contribution in [3.05, 3.63) is 53.6 Å². The molecule has 0 unspecified atom stereocenters. The highest BCUT2D eigenvalue weighted by Crippen LogP contribution is 2.34. The second-order valence-electron chi connectivity index (χ2n) is 4.52. The van der Waals surface area contributed by atoms with Gasteiger partial charge >= 0.3 is 6.18 Å². The van der Waals surface area contributed by atoms with Crippen LogP contribution in [-0.4, -0.2) is 20.4 Å². The maximum atomic E-state index is 12.9. The number of hydrogen-bond acceptors (Lipinski definition) is 4. The number of benzene rings is 2. The van der Waals surface area contributed by atoms with Crippen LogP contribution in [0.5, 0.6) is 11.5 Å². The van der Waals surface area contributed by atoms with Gasteiger partial charge in [-0.25, -0.2) is 0 Å². The predicted molar refractivity (Wildman–Crippen MR) is 82.2 cm³/mol. The molecule has 122 valence electrons. The van der Waals surface area contributed by atoms with E-state index < -0.39 is 11.7 Å². The van der Waals surface area contributed by atoms with Crippen molar-refractivity contribution in [1.29, 1.82) is 0 Å². The van der Waals surface area contributed by atoms with Crippen LogP contribution in [0.2, 0.25) is 0 Å². The molecule has 0 bridgehead atoms. The molecule has 0 saturated heterocycles. The number of hydrogen-bond donors (Lipinski definition) is 1. The van der Waals surface area contributed by atoms with Crippen LogP contribution in [0.15, 0.2) is 47.6 Å². The summed E-state index contributed by atoms with van der Waals surface area (Å²) in [7, 11) is 3.01. The van der Waals surface area contributed by atoms with Crippen LogP contribution in [-0.2, 0) is 6.18 Å². The standard InChI is InChI=1S/C16H15F3N2O2/c1-22-12-8-7-11(15(9-12)23-2)10-20-21-14-6-4-3-5-13(14)16(17,18)19/h3-10,21H,1-2H3/b20-10+. The third kappa shape index (κ3) is 4.15. The fraction of sp³-hybridized carbons (Fsp3) is 0.188. The monoisotopic (exact) mass is 324 g/mol. The molecule has 2 aromatic rings. The minimum absolute atomic E-state index is 0.122. The number of ether oxygens (including phenoxy) is 2. The van der Waals surface area contributed by atoms with E-state index in [9.17, 15) is 13.2 Å². The van der Waals surface area contributed by atoms with E-state index in [4.69, 9.17) is 9.47 Å². The van der Waals surface area contributed by atoms with Crippen molar-refractivity contribution in [3.63, 3.8) is 0 Å². The van der Waals surface area contributed by atoms with E-state index in [-0.39, 0.29) is 5.69 Å². The van der Waals surface area contributed by atoms with E-state index in [0.717, 1.165) is 6.07 Å². The minimum atomic E-state index is -4.45. The molecular weight excluding hydrogens is 309 g/mol. The number of rotatable bonds is 5. The first kappa shape index (κ1) is 16.7. The van der Waals surface area contributed by atoms with Crippen LogP contribution in [0.25, 0.3) is 0 Å². The summed E-state index contributed by atoms with van der Waals surface area (Å²) in [6, 6.07) is 10.2. The summed E-state index contributed by atoms with van der Waals surface area (Å²) in [5.41, 5.74) is 2.11. The van der Waals surface area contributed by atoms with Crippen LogP contribution < -0.4 is 14.9 Å². The number of nitrogens with one attached hydrogen (secondary N) is 1. The Hall–Kier alpha value is -2.70. The predicted octanol–water partition coefficient (Wildman–Crippen LogP) is 4.17. The van der Waals surface area contributed by atoms with E-state index in [1.165, 1.54) is 38.6 Å². The Morgan fingerprint density at radius 3 is 2.43 bits per heavy atom. The number of hydrazone groups is 1. The molecular formula is C16H15F3N2O2. The zero-order valence-corrected chi connectivity index (χ0v) is 12.5. The van der Waals surface area contributed by atoms with Crippen molar-refractivity contribution in [3.8, 4) is 11.5 Å². The van der Waals surface area contributed by atoms with Crippen LogP contribution in [0.4, 0.5) is 18.9 Å². The molecule has 0 aliphatic carbocycles. The summed E-state index contributed by atoms with van der Waals surface area (Å²) in [6.07, 6.45) is -3.07. The van der Waals surface area contributed by atoms with Crippen molar-refractivity contribution in [2.45, 2.75) is 6.18 Å². The fourth-order valence-electron chi connectivity index (χ4n) is 1.92. The van der Waals surface area contributed by atoms with Gasteiger partial charge in [-0.3, -0.25) is 5.43 Å². The SMILES string of the molecule is COc1ccc(/C=N/Nc2ccccc2C(F)(F)F)c(OC)c1. The third-order valence-corrected chi connectivity index (χ3v) is 3.06. The number of anilines is 1. The second kappa shape index (κ2) is 7.04. The molecule has 0 aliphatic rings. The maximum absolute atomic E-state index is 12.9. The van der Waals surface area contributed by atoms with Gasteiger partial charge in [-0.15, -0.1) is 0 Å². The number of alkyl halides is 3. The van der Waals surface area contributed by atoms with Gasteiger partial charge in [0.05, 0.1) is 31.7 Å². The molecule has 0 atom stereocenters. The molecule has 0 radical (unpaired) electrons. The molecule has 2 rings (SSSR count). The molecule has 4 nitrogen and oxygen atoms in total. The number of halogens is 3. The molecule has 23 heavy (non-hydrogen) atoms. The highest BCUT2D eigenvalue weighted by Gasteiger charge is 2.33. The summed E-state index contributed by atoms with van der Waals surface area (Å²) < 4.78 is 48.9. The van der Waals surface area contributed by atoms with Crippen LogP contribution >= 0.6 is 0 Å². The summed E-state index contributed by atoms with van der Waals surface area (Å²) in [5.74, 6) is 1.10. The lowest BCUT2D eigenvalue weighted by Crippen LogP contribution is -2.08. The number of para-hydroxylation sites is 1. The van der Waals surface area contributed by atoms with Gasteiger partial charge in [-0.1, -0.05) is 12.1 Å². The van der Waals surface area contributed by atoms with E-state index in [1.807, 2.05) is 0 Å². The fourth-order valence-corrected chi connectivity index (χ4v) is 1.92. The molecule has 0 saturated carbocycles. The lowest BCUT2D eigenvalue weighted by Gasteiger charge is -2.11. The topological polar surface area (TPSA) is 42.8 Å².